The fourth-order valence-electron chi connectivity index (χ4n) is 3.43. The Morgan fingerprint density at radius 2 is 2.00 bits per heavy atom. The van der Waals surface area contributed by atoms with Gasteiger partial charge in [0.05, 0.1) is 12.7 Å². The molecular formula is C21H22N2O2. The van der Waals surface area contributed by atoms with Crippen molar-refractivity contribution in [3.63, 3.8) is 0 Å². The van der Waals surface area contributed by atoms with E-state index in [1.165, 1.54) is 5.56 Å². The Kier molecular flexibility index (Phi) is 4.38. The molecule has 0 aliphatic carbocycles. The van der Waals surface area contributed by atoms with Crippen LogP contribution in [0.4, 0.5) is 0 Å². The second kappa shape index (κ2) is 6.82. The third-order valence-corrected chi connectivity index (χ3v) is 4.79. The van der Waals surface area contributed by atoms with Crippen molar-refractivity contribution < 1.29 is 4.74 Å². The highest BCUT2D eigenvalue weighted by molar-refractivity contribution is 5.79. The lowest BCUT2D eigenvalue weighted by molar-refractivity contribution is -0.0330. The summed E-state index contributed by atoms with van der Waals surface area (Å²) >= 11 is 0. The lowest BCUT2D eigenvalue weighted by Gasteiger charge is -2.33. The van der Waals surface area contributed by atoms with Crippen molar-refractivity contribution in [2.45, 2.75) is 19.6 Å². The molecule has 1 saturated heterocycles. The molecule has 1 aliphatic rings. The highest BCUT2D eigenvalue weighted by Crippen LogP contribution is 2.23. The third-order valence-electron chi connectivity index (χ3n) is 4.79. The largest absolute Gasteiger partial charge is 0.371 e. The summed E-state index contributed by atoms with van der Waals surface area (Å²) < 4.78 is 5.92. The van der Waals surface area contributed by atoms with Crippen LogP contribution in [0.15, 0.2) is 59.4 Å². The normalized spacial score (nSPS) is 18.5. The van der Waals surface area contributed by atoms with Crippen molar-refractivity contribution in [1.82, 2.24) is 9.88 Å². The topological polar surface area (TPSA) is 45.3 Å². The number of ether oxygens (including phenoxy) is 1. The Morgan fingerprint density at radius 1 is 1.16 bits per heavy atom. The highest BCUT2D eigenvalue weighted by Gasteiger charge is 2.22. The van der Waals surface area contributed by atoms with E-state index in [9.17, 15) is 4.79 Å². The molecule has 4 rings (SSSR count). The maximum atomic E-state index is 12.5. The van der Waals surface area contributed by atoms with Gasteiger partial charge in [0.25, 0.3) is 5.56 Å². The van der Waals surface area contributed by atoms with E-state index >= 15 is 0 Å². The molecule has 1 fully saturated rings. The number of pyridine rings is 1. The summed E-state index contributed by atoms with van der Waals surface area (Å²) in [4.78, 5) is 17.8. The molecule has 1 aromatic heterocycles. The van der Waals surface area contributed by atoms with Gasteiger partial charge in [-0.1, -0.05) is 42.5 Å². The van der Waals surface area contributed by atoms with Crippen LogP contribution in [0, 0.1) is 6.92 Å². The summed E-state index contributed by atoms with van der Waals surface area (Å²) in [6.45, 7) is 5.00. The fraction of sp³-hybridized carbons (Fsp3) is 0.286. The zero-order valence-corrected chi connectivity index (χ0v) is 14.4. The number of H-pyrrole nitrogens is 1. The van der Waals surface area contributed by atoms with Gasteiger partial charge in [-0.3, -0.25) is 9.69 Å². The van der Waals surface area contributed by atoms with E-state index < -0.39 is 0 Å². The second-order valence-corrected chi connectivity index (χ2v) is 6.72. The van der Waals surface area contributed by atoms with Gasteiger partial charge in [-0.15, -0.1) is 0 Å². The average Bonchev–Trinajstić information content (AvgIpc) is 2.63. The maximum absolute atomic E-state index is 12.5. The van der Waals surface area contributed by atoms with Crippen molar-refractivity contribution >= 4 is 10.9 Å². The standard InChI is InChI=1S/C21H22N2O2/c1-15-7-8-17-12-18(21(24)22-19(17)11-15)13-23-9-10-25-20(14-23)16-5-3-2-4-6-16/h2-8,11-12,20H,9-10,13-14H2,1H3,(H,22,24). The number of hydrogen-bond donors (Lipinski definition) is 1. The number of benzene rings is 2. The number of aryl methyl sites for hydroxylation is 1. The zero-order chi connectivity index (χ0) is 17.2. The minimum Gasteiger partial charge on any atom is -0.371 e. The molecule has 0 amide bonds. The van der Waals surface area contributed by atoms with Gasteiger partial charge in [-0.25, -0.2) is 0 Å². The molecule has 4 heteroatoms. The van der Waals surface area contributed by atoms with E-state index in [2.05, 4.69) is 34.1 Å². The van der Waals surface area contributed by atoms with Gasteiger partial charge in [0.2, 0.25) is 0 Å². The Hall–Kier alpha value is -2.43. The molecule has 3 aromatic rings. The molecule has 0 radical (unpaired) electrons. The van der Waals surface area contributed by atoms with Crippen LogP contribution in [-0.4, -0.2) is 29.6 Å². The fourth-order valence-corrected chi connectivity index (χ4v) is 3.43. The molecule has 2 aromatic carbocycles. The van der Waals surface area contributed by atoms with Gasteiger partial charge in [0.1, 0.15) is 0 Å². The number of rotatable bonds is 3. The van der Waals surface area contributed by atoms with Gasteiger partial charge in [-0.05, 0) is 35.6 Å². The third kappa shape index (κ3) is 3.50. The molecule has 0 saturated carbocycles. The van der Waals surface area contributed by atoms with E-state index in [4.69, 9.17) is 4.74 Å². The van der Waals surface area contributed by atoms with Gasteiger partial charge in [0.15, 0.2) is 0 Å². The first-order chi connectivity index (χ1) is 12.2. The Morgan fingerprint density at radius 3 is 2.84 bits per heavy atom. The van der Waals surface area contributed by atoms with Gasteiger partial charge in [-0.2, -0.15) is 0 Å². The van der Waals surface area contributed by atoms with Crippen LogP contribution in [0.5, 0.6) is 0 Å². The predicted octanol–water partition coefficient (Wildman–Crippen LogP) is 3.41. The highest BCUT2D eigenvalue weighted by atomic mass is 16.5. The molecule has 25 heavy (non-hydrogen) atoms. The van der Waals surface area contributed by atoms with Gasteiger partial charge >= 0.3 is 0 Å². The molecule has 0 bridgehead atoms. The summed E-state index contributed by atoms with van der Waals surface area (Å²) in [6, 6.07) is 18.4. The van der Waals surface area contributed by atoms with Crippen LogP contribution in [-0.2, 0) is 11.3 Å². The monoisotopic (exact) mass is 334 g/mol. The second-order valence-electron chi connectivity index (χ2n) is 6.72. The van der Waals surface area contributed by atoms with Gasteiger partial charge < -0.3 is 9.72 Å². The molecule has 128 valence electrons. The first-order valence-corrected chi connectivity index (χ1v) is 8.70. The van der Waals surface area contributed by atoms with Crippen LogP contribution in [0.25, 0.3) is 10.9 Å². The Balaban J connectivity index is 1.55. The molecule has 1 unspecified atom stereocenters. The lowest BCUT2D eigenvalue weighted by Crippen LogP contribution is -2.39. The Bertz CT molecular complexity index is 934. The molecule has 1 atom stereocenters. The van der Waals surface area contributed by atoms with E-state index in [-0.39, 0.29) is 11.7 Å². The maximum Gasteiger partial charge on any atom is 0.252 e. The van der Waals surface area contributed by atoms with E-state index in [1.54, 1.807) is 0 Å². The molecule has 1 N–H and O–H groups in total. The summed E-state index contributed by atoms with van der Waals surface area (Å²) in [5, 5.41) is 1.08. The minimum atomic E-state index is 0.000790. The van der Waals surface area contributed by atoms with Crippen LogP contribution >= 0.6 is 0 Å². The van der Waals surface area contributed by atoms with Crippen LogP contribution in [0.1, 0.15) is 22.8 Å². The quantitative estimate of drug-likeness (QED) is 0.798. The summed E-state index contributed by atoms with van der Waals surface area (Å²) in [5.74, 6) is 0. The predicted molar refractivity (Wildman–Crippen MR) is 99.7 cm³/mol. The number of aromatic amines is 1. The lowest BCUT2D eigenvalue weighted by atomic mass is 10.1. The van der Waals surface area contributed by atoms with E-state index in [1.807, 2.05) is 37.3 Å². The zero-order valence-electron chi connectivity index (χ0n) is 14.4. The van der Waals surface area contributed by atoms with Crippen LogP contribution in [0.2, 0.25) is 0 Å². The number of morpholine rings is 1. The van der Waals surface area contributed by atoms with Crippen molar-refractivity contribution in [2.24, 2.45) is 0 Å². The number of nitrogens with zero attached hydrogens (tertiary/aromatic N) is 1. The van der Waals surface area contributed by atoms with Crippen molar-refractivity contribution in [3.8, 4) is 0 Å². The van der Waals surface area contributed by atoms with Crippen molar-refractivity contribution in [3.05, 3.63) is 81.6 Å². The minimum absolute atomic E-state index is 0.000790. The molecule has 2 heterocycles. The van der Waals surface area contributed by atoms with Crippen LogP contribution in [0.3, 0.4) is 0 Å². The average molecular weight is 334 g/mol. The van der Waals surface area contributed by atoms with E-state index in [0.29, 0.717) is 13.2 Å². The summed E-state index contributed by atoms with van der Waals surface area (Å²) in [6.07, 6.45) is 0.0668. The van der Waals surface area contributed by atoms with Crippen molar-refractivity contribution in [1.29, 1.82) is 0 Å². The van der Waals surface area contributed by atoms with Crippen LogP contribution < -0.4 is 5.56 Å². The smallest absolute Gasteiger partial charge is 0.252 e. The molecule has 4 nitrogen and oxygen atoms in total. The Labute approximate surface area is 147 Å². The first-order valence-electron chi connectivity index (χ1n) is 8.70. The molecular weight excluding hydrogens is 312 g/mol. The van der Waals surface area contributed by atoms with Gasteiger partial charge in [0, 0.05) is 30.7 Å². The van der Waals surface area contributed by atoms with E-state index in [0.717, 1.165) is 35.1 Å². The SMILES string of the molecule is Cc1ccc2cc(CN3CCOC(c4ccccc4)C3)c(=O)[nH]c2c1. The number of nitrogens with one attached hydrogen (secondary N) is 1. The number of fused-ring (bicyclic) bond motifs is 1. The first kappa shape index (κ1) is 16.1. The summed E-state index contributed by atoms with van der Waals surface area (Å²) in [7, 11) is 0. The van der Waals surface area contributed by atoms with Crippen molar-refractivity contribution in [2.75, 3.05) is 19.7 Å². The number of hydrogen-bond acceptors (Lipinski definition) is 3. The molecule has 0 spiro atoms. The number of aromatic nitrogens is 1. The molecule has 1 aliphatic heterocycles. The summed E-state index contributed by atoms with van der Waals surface area (Å²) in [5.41, 5.74) is 4.05.